The number of benzene rings is 2. The zero-order valence-corrected chi connectivity index (χ0v) is 22.8. The second kappa shape index (κ2) is 11.2. The van der Waals surface area contributed by atoms with Gasteiger partial charge in [-0.15, -0.1) is 5.10 Å². The highest BCUT2D eigenvalue weighted by molar-refractivity contribution is 7.92. The van der Waals surface area contributed by atoms with Gasteiger partial charge >= 0.3 is 18.2 Å². The first-order chi connectivity index (χ1) is 17.6. The Morgan fingerprint density at radius 3 is 2.29 bits per heavy atom. The monoisotopic (exact) mass is 607 g/mol. The molecule has 0 saturated carbocycles. The Morgan fingerprint density at radius 1 is 1.08 bits per heavy atom. The third kappa shape index (κ3) is 6.41. The van der Waals surface area contributed by atoms with E-state index >= 15 is 0 Å². The van der Waals surface area contributed by atoms with E-state index in [4.69, 9.17) is 39.9 Å². The van der Waals surface area contributed by atoms with E-state index in [1.807, 2.05) is 13.0 Å². The van der Waals surface area contributed by atoms with Crippen molar-refractivity contribution < 1.29 is 27.1 Å². The van der Waals surface area contributed by atoms with Crippen molar-refractivity contribution in [2.75, 3.05) is 11.0 Å². The molecule has 0 unspecified atom stereocenters. The highest BCUT2D eigenvalue weighted by Gasteiger charge is 2.21. The summed E-state index contributed by atoms with van der Waals surface area (Å²) in [7, 11) is -3.65. The van der Waals surface area contributed by atoms with Gasteiger partial charge in [0.2, 0.25) is 10.0 Å². The van der Waals surface area contributed by atoms with E-state index in [2.05, 4.69) is 14.8 Å². The van der Waals surface area contributed by atoms with Crippen LogP contribution in [0.15, 0.2) is 41.3 Å². The van der Waals surface area contributed by atoms with E-state index < -0.39 is 28.2 Å². The maximum Gasteiger partial charge on any atom is 0.355 e. The van der Waals surface area contributed by atoms with Gasteiger partial charge in [0, 0.05) is 11.6 Å². The number of rotatable bonds is 5. The van der Waals surface area contributed by atoms with Crippen LogP contribution in [0.4, 0.5) is 14.5 Å². The molecule has 2 N–H and O–H groups in total. The summed E-state index contributed by atoms with van der Waals surface area (Å²) >= 11 is 17.7. The van der Waals surface area contributed by atoms with Gasteiger partial charge in [-0.2, -0.15) is 13.5 Å². The van der Waals surface area contributed by atoms with Crippen LogP contribution in [0.25, 0.3) is 16.6 Å². The predicted molar refractivity (Wildman–Crippen MR) is 141 cm³/mol. The summed E-state index contributed by atoms with van der Waals surface area (Å²) in [6.07, 6.45) is 2.53. The number of sulfonamides is 1. The van der Waals surface area contributed by atoms with Crippen molar-refractivity contribution in [2.24, 2.45) is 0 Å². The minimum atomic E-state index is -3.65. The molecule has 0 atom stereocenters. The van der Waals surface area contributed by atoms with E-state index in [1.54, 1.807) is 18.3 Å². The van der Waals surface area contributed by atoms with Crippen LogP contribution in [0.5, 0.6) is 0 Å². The lowest BCUT2D eigenvalue weighted by atomic mass is 10.1. The quantitative estimate of drug-likeness (QED) is 0.313. The van der Waals surface area contributed by atoms with Crippen LogP contribution in [0.1, 0.15) is 28.3 Å². The molecule has 10 nitrogen and oxygen atoms in total. The van der Waals surface area contributed by atoms with Gasteiger partial charge in [-0.3, -0.25) is 9.71 Å². The minimum absolute atomic E-state index is 0.0257. The van der Waals surface area contributed by atoms with Gasteiger partial charge in [-0.1, -0.05) is 40.9 Å². The smallest absolute Gasteiger partial charge is 0.355 e. The topological polar surface area (TPSA) is 136 Å². The summed E-state index contributed by atoms with van der Waals surface area (Å²) in [5, 5.41) is 13.6. The summed E-state index contributed by atoms with van der Waals surface area (Å²) in [5.74, 6) is -1.28. The van der Waals surface area contributed by atoms with E-state index in [0.717, 1.165) is 23.3 Å². The summed E-state index contributed by atoms with van der Waals surface area (Å²) in [6.45, 7) is 0.0568. The number of nitrogens with one attached hydrogen (secondary N) is 1. The zero-order chi connectivity index (χ0) is 28.5. The van der Waals surface area contributed by atoms with Crippen LogP contribution >= 0.6 is 34.8 Å². The van der Waals surface area contributed by atoms with Crippen molar-refractivity contribution in [3.8, 4) is 5.69 Å². The predicted octanol–water partition coefficient (Wildman–Crippen LogP) is 5.31. The molecule has 0 amide bonds. The Kier molecular flexibility index (Phi) is 8.66. The summed E-state index contributed by atoms with van der Waals surface area (Å²) < 4.78 is 51.3. The van der Waals surface area contributed by atoms with E-state index in [0.29, 0.717) is 10.2 Å². The number of hydrogen-bond acceptors (Lipinski definition) is 6. The molecule has 38 heavy (non-hydrogen) atoms. The second-order valence-corrected chi connectivity index (χ2v) is 10.8. The van der Waals surface area contributed by atoms with Crippen molar-refractivity contribution in [2.45, 2.75) is 20.4 Å². The van der Waals surface area contributed by atoms with Crippen LogP contribution in [0.2, 0.25) is 15.1 Å². The second-order valence-electron chi connectivity index (χ2n) is 7.86. The standard InChI is InChI=1S/C11H10Cl2F2N4O3S.C11H8ClNO2/c1-5-16-19(11(20)18(5)10(14)15)9-4-8(17-23(2,21)22)6(12)3-7(9)13;1-6-4-7-2-3-8(12)9(11(14)15)10(7)13-5-6/h3-4,10,17H,1-2H3;2-5H,1H3,(H,14,15). The first-order valence-electron chi connectivity index (χ1n) is 10.3. The Balaban J connectivity index is 0.000000230. The van der Waals surface area contributed by atoms with Crippen molar-refractivity contribution >= 4 is 67.4 Å². The first-order valence-corrected chi connectivity index (χ1v) is 13.3. The van der Waals surface area contributed by atoms with Gasteiger partial charge in [0.1, 0.15) is 11.4 Å². The van der Waals surface area contributed by atoms with Gasteiger partial charge in [0.15, 0.2) is 0 Å². The lowest BCUT2D eigenvalue weighted by Crippen LogP contribution is -2.25. The van der Waals surface area contributed by atoms with Crippen LogP contribution in [-0.4, -0.2) is 45.1 Å². The molecule has 0 aliphatic carbocycles. The number of halogens is 5. The molecule has 0 bridgehead atoms. The highest BCUT2D eigenvalue weighted by Crippen LogP contribution is 2.31. The summed E-state index contributed by atoms with van der Waals surface area (Å²) in [6, 6.07) is 7.54. The molecule has 0 fully saturated rings. The van der Waals surface area contributed by atoms with E-state index in [9.17, 15) is 26.8 Å². The zero-order valence-electron chi connectivity index (χ0n) is 19.7. The number of carboxylic acid groups (broad SMARTS) is 1. The Bertz CT molecular complexity index is 1720. The number of hydrogen-bond donors (Lipinski definition) is 2. The molecule has 202 valence electrons. The number of aryl methyl sites for hydroxylation is 2. The molecule has 0 saturated heterocycles. The fourth-order valence-corrected chi connectivity index (χ4v) is 4.69. The largest absolute Gasteiger partial charge is 0.478 e. The van der Waals surface area contributed by atoms with Crippen molar-refractivity contribution in [3.63, 3.8) is 0 Å². The van der Waals surface area contributed by atoms with E-state index in [1.165, 1.54) is 13.0 Å². The average Bonchev–Trinajstić information content (AvgIpc) is 3.08. The Morgan fingerprint density at radius 2 is 1.74 bits per heavy atom. The van der Waals surface area contributed by atoms with Crippen molar-refractivity contribution in [1.82, 2.24) is 19.3 Å². The van der Waals surface area contributed by atoms with Gasteiger partial charge in [0.25, 0.3) is 0 Å². The average molecular weight is 609 g/mol. The molecule has 2 aromatic carbocycles. The maximum atomic E-state index is 12.8. The lowest BCUT2D eigenvalue weighted by molar-refractivity contribution is 0.0639. The van der Waals surface area contributed by atoms with Crippen LogP contribution in [0.3, 0.4) is 0 Å². The fourth-order valence-electron chi connectivity index (χ4n) is 3.33. The molecular formula is C22H18Cl3F2N5O5S. The molecule has 2 heterocycles. The third-order valence-corrected chi connectivity index (χ3v) is 6.41. The fraction of sp³-hybridized carbons (Fsp3) is 0.182. The molecule has 0 aliphatic rings. The SMILES string of the molecule is Cc1cnc2c(C(=O)O)c(Cl)ccc2c1.Cc1nn(-c2cc(NS(C)(=O)=O)c(Cl)cc2Cl)c(=O)n1C(F)F. The van der Waals surface area contributed by atoms with Gasteiger partial charge in [-0.25, -0.2) is 22.6 Å². The third-order valence-electron chi connectivity index (χ3n) is 4.89. The number of nitrogens with zero attached hydrogens (tertiary/aromatic N) is 4. The van der Waals surface area contributed by atoms with Crippen molar-refractivity contribution in [3.05, 3.63) is 79.0 Å². The summed E-state index contributed by atoms with van der Waals surface area (Å²) in [5.41, 5.74) is 0.211. The van der Waals surface area contributed by atoms with Gasteiger partial charge in [0.05, 0.1) is 38.2 Å². The molecule has 4 aromatic rings. The van der Waals surface area contributed by atoms with Crippen LogP contribution in [0, 0.1) is 13.8 Å². The molecule has 16 heteroatoms. The number of anilines is 1. The number of alkyl halides is 2. The first kappa shape index (κ1) is 29.3. The van der Waals surface area contributed by atoms with Crippen molar-refractivity contribution in [1.29, 1.82) is 0 Å². The molecule has 0 spiro atoms. The number of carboxylic acids is 1. The van der Waals surface area contributed by atoms with E-state index in [-0.39, 0.29) is 42.4 Å². The number of aromatic carboxylic acids is 1. The number of fused-ring (bicyclic) bond motifs is 1. The molecule has 2 aromatic heterocycles. The molecular weight excluding hydrogens is 591 g/mol. The van der Waals surface area contributed by atoms with Gasteiger partial charge in [-0.05, 0) is 43.7 Å². The molecule has 0 radical (unpaired) electrons. The van der Waals surface area contributed by atoms with Crippen LogP contribution < -0.4 is 10.4 Å². The lowest BCUT2D eigenvalue weighted by Gasteiger charge is -2.10. The minimum Gasteiger partial charge on any atom is -0.478 e. The van der Waals surface area contributed by atoms with Gasteiger partial charge < -0.3 is 5.11 Å². The summed E-state index contributed by atoms with van der Waals surface area (Å²) in [4.78, 5) is 27.1. The maximum absolute atomic E-state index is 12.8. The molecule has 4 rings (SSSR count). The highest BCUT2D eigenvalue weighted by atomic mass is 35.5. The van der Waals surface area contributed by atoms with Crippen LogP contribution in [-0.2, 0) is 10.0 Å². The number of aromatic nitrogens is 4. The Labute approximate surface area is 229 Å². The number of pyridine rings is 1. The number of carbonyl (C=O) groups is 1. The molecule has 0 aliphatic heterocycles. The normalized spacial score (nSPS) is 11.4. The Hall–Kier alpha value is -3.26.